The van der Waals surface area contributed by atoms with Gasteiger partial charge in [0, 0.05) is 22.7 Å². The third-order valence-corrected chi connectivity index (χ3v) is 5.03. The van der Waals surface area contributed by atoms with E-state index in [1.54, 1.807) is 12.1 Å². The van der Waals surface area contributed by atoms with Crippen molar-refractivity contribution in [1.82, 2.24) is 5.32 Å². The molecule has 2 aromatic carbocycles. The summed E-state index contributed by atoms with van der Waals surface area (Å²) in [6, 6.07) is 15.6. The molecule has 20 heavy (non-hydrogen) atoms. The molecule has 0 amide bonds. The van der Waals surface area contributed by atoms with E-state index in [1.165, 1.54) is 16.5 Å². The molecule has 1 N–H and O–H groups in total. The summed E-state index contributed by atoms with van der Waals surface area (Å²) in [5.41, 5.74) is 2.45. The molecular formula is C17H18FNS. The molecule has 1 nitrogen and oxygen atoms in total. The first-order valence-electron chi connectivity index (χ1n) is 6.96. The molecule has 3 heteroatoms. The Morgan fingerprint density at radius 2 is 2.10 bits per heavy atom. The Labute approximate surface area is 123 Å². The molecule has 2 atom stereocenters. The molecule has 1 heterocycles. The standard InChI is InChI=1S/C17H18FNS/c1-12(13-6-4-7-15(18)9-13)19-11-16-10-14-5-2-3-8-17(14)20-16/h2-9,12,16,19H,10-11H2,1H3/t12-,16?/m0/s1. The van der Waals surface area contributed by atoms with Gasteiger partial charge in [-0.2, -0.15) is 0 Å². The molecule has 1 aliphatic rings. The van der Waals surface area contributed by atoms with Gasteiger partial charge in [-0.3, -0.25) is 0 Å². The van der Waals surface area contributed by atoms with Crippen molar-refractivity contribution < 1.29 is 4.39 Å². The molecule has 1 unspecified atom stereocenters. The van der Waals surface area contributed by atoms with Gasteiger partial charge >= 0.3 is 0 Å². The maximum absolute atomic E-state index is 13.2. The first-order valence-corrected chi connectivity index (χ1v) is 7.84. The first-order chi connectivity index (χ1) is 9.72. The second-order valence-corrected chi connectivity index (χ2v) is 6.58. The van der Waals surface area contributed by atoms with E-state index in [1.807, 2.05) is 17.8 Å². The number of hydrogen-bond acceptors (Lipinski definition) is 2. The molecule has 0 aliphatic carbocycles. The highest BCUT2D eigenvalue weighted by atomic mass is 32.2. The second-order valence-electron chi connectivity index (χ2n) is 5.24. The number of thioether (sulfide) groups is 1. The van der Waals surface area contributed by atoms with Gasteiger partial charge in [0.2, 0.25) is 0 Å². The normalized spacial score (nSPS) is 18.8. The molecule has 0 spiro atoms. The van der Waals surface area contributed by atoms with Crippen molar-refractivity contribution >= 4 is 11.8 Å². The van der Waals surface area contributed by atoms with Gasteiger partial charge in [0.05, 0.1) is 0 Å². The van der Waals surface area contributed by atoms with Crippen LogP contribution in [0.15, 0.2) is 53.4 Å². The molecule has 0 aromatic heterocycles. The smallest absolute Gasteiger partial charge is 0.123 e. The quantitative estimate of drug-likeness (QED) is 0.904. The third-order valence-electron chi connectivity index (χ3n) is 3.71. The number of nitrogens with one attached hydrogen (secondary N) is 1. The highest BCUT2D eigenvalue weighted by Crippen LogP contribution is 2.36. The summed E-state index contributed by atoms with van der Waals surface area (Å²) >= 11 is 1.94. The van der Waals surface area contributed by atoms with E-state index in [4.69, 9.17) is 0 Å². The Morgan fingerprint density at radius 1 is 1.25 bits per heavy atom. The highest BCUT2D eigenvalue weighted by Gasteiger charge is 2.22. The average Bonchev–Trinajstić information content (AvgIpc) is 2.87. The van der Waals surface area contributed by atoms with Crippen molar-refractivity contribution in [1.29, 1.82) is 0 Å². The lowest BCUT2D eigenvalue weighted by atomic mass is 10.1. The monoisotopic (exact) mass is 287 g/mol. The van der Waals surface area contributed by atoms with E-state index in [0.717, 1.165) is 18.5 Å². The predicted octanol–water partition coefficient (Wildman–Crippen LogP) is 4.19. The van der Waals surface area contributed by atoms with E-state index >= 15 is 0 Å². The van der Waals surface area contributed by atoms with Gasteiger partial charge < -0.3 is 5.32 Å². The van der Waals surface area contributed by atoms with Gasteiger partial charge in [0.25, 0.3) is 0 Å². The maximum atomic E-state index is 13.2. The fraction of sp³-hybridized carbons (Fsp3) is 0.294. The summed E-state index contributed by atoms with van der Waals surface area (Å²) in [6.07, 6.45) is 1.11. The van der Waals surface area contributed by atoms with Gasteiger partial charge in [-0.25, -0.2) is 4.39 Å². The first kappa shape index (κ1) is 13.7. The van der Waals surface area contributed by atoms with Crippen molar-refractivity contribution in [3.05, 3.63) is 65.5 Å². The summed E-state index contributed by atoms with van der Waals surface area (Å²) in [5, 5.41) is 4.09. The predicted molar refractivity (Wildman–Crippen MR) is 82.6 cm³/mol. The zero-order valence-corrected chi connectivity index (χ0v) is 12.3. The van der Waals surface area contributed by atoms with E-state index in [2.05, 4.69) is 36.5 Å². The minimum Gasteiger partial charge on any atom is -0.309 e. The van der Waals surface area contributed by atoms with Crippen LogP contribution in [0, 0.1) is 5.82 Å². The van der Waals surface area contributed by atoms with Crippen molar-refractivity contribution in [3.8, 4) is 0 Å². The van der Waals surface area contributed by atoms with Crippen LogP contribution in [0.25, 0.3) is 0 Å². The molecule has 0 saturated carbocycles. The van der Waals surface area contributed by atoms with Gasteiger partial charge in [0.15, 0.2) is 0 Å². The summed E-state index contributed by atoms with van der Waals surface area (Å²) in [6.45, 7) is 3.03. The van der Waals surface area contributed by atoms with Gasteiger partial charge in [-0.05, 0) is 42.7 Å². The van der Waals surface area contributed by atoms with Crippen LogP contribution in [0.5, 0.6) is 0 Å². The largest absolute Gasteiger partial charge is 0.309 e. The molecule has 2 aromatic rings. The Balaban J connectivity index is 1.56. The van der Waals surface area contributed by atoms with E-state index < -0.39 is 0 Å². The zero-order valence-electron chi connectivity index (χ0n) is 11.5. The summed E-state index contributed by atoms with van der Waals surface area (Å²) in [4.78, 5) is 1.40. The van der Waals surface area contributed by atoms with Crippen LogP contribution >= 0.6 is 11.8 Å². The Morgan fingerprint density at radius 3 is 2.90 bits per heavy atom. The number of fused-ring (bicyclic) bond motifs is 1. The lowest BCUT2D eigenvalue weighted by Gasteiger charge is -2.17. The number of halogens is 1. The molecular weight excluding hydrogens is 269 g/mol. The minimum atomic E-state index is -0.168. The highest BCUT2D eigenvalue weighted by molar-refractivity contribution is 8.00. The van der Waals surface area contributed by atoms with E-state index in [9.17, 15) is 4.39 Å². The van der Waals surface area contributed by atoms with Crippen LogP contribution in [-0.4, -0.2) is 11.8 Å². The summed E-state index contributed by atoms with van der Waals surface area (Å²) in [5.74, 6) is -0.168. The minimum absolute atomic E-state index is 0.168. The Hall–Kier alpha value is -1.32. The summed E-state index contributed by atoms with van der Waals surface area (Å²) < 4.78 is 13.2. The molecule has 3 rings (SSSR count). The topological polar surface area (TPSA) is 12.0 Å². The molecule has 1 aliphatic heterocycles. The maximum Gasteiger partial charge on any atom is 0.123 e. The lowest BCUT2D eigenvalue weighted by Crippen LogP contribution is -2.27. The fourth-order valence-electron chi connectivity index (χ4n) is 2.57. The molecule has 0 saturated heterocycles. The van der Waals surface area contributed by atoms with Crippen LogP contribution in [0.4, 0.5) is 4.39 Å². The van der Waals surface area contributed by atoms with Crippen molar-refractivity contribution in [2.24, 2.45) is 0 Å². The van der Waals surface area contributed by atoms with Crippen molar-refractivity contribution in [2.45, 2.75) is 29.5 Å². The summed E-state index contributed by atoms with van der Waals surface area (Å²) in [7, 11) is 0. The van der Waals surface area contributed by atoms with Crippen LogP contribution in [0.3, 0.4) is 0 Å². The molecule has 0 fully saturated rings. The Bertz CT molecular complexity index is 574. The number of hydrogen-bond donors (Lipinski definition) is 1. The van der Waals surface area contributed by atoms with Crippen LogP contribution in [0.2, 0.25) is 0 Å². The van der Waals surface area contributed by atoms with Crippen LogP contribution in [0.1, 0.15) is 24.1 Å². The number of benzene rings is 2. The average molecular weight is 287 g/mol. The van der Waals surface area contributed by atoms with Crippen LogP contribution in [-0.2, 0) is 6.42 Å². The molecule has 104 valence electrons. The van der Waals surface area contributed by atoms with Gasteiger partial charge in [0.1, 0.15) is 5.82 Å². The molecule has 0 radical (unpaired) electrons. The Kier molecular flexibility index (Phi) is 4.08. The molecule has 0 bridgehead atoms. The van der Waals surface area contributed by atoms with E-state index in [-0.39, 0.29) is 11.9 Å². The van der Waals surface area contributed by atoms with Crippen molar-refractivity contribution in [3.63, 3.8) is 0 Å². The third kappa shape index (κ3) is 3.05. The fourth-order valence-corrected chi connectivity index (χ4v) is 3.83. The van der Waals surface area contributed by atoms with Gasteiger partial charge in [-0.15, -0.1) is 11.8 Å². The number of rotatable bonds is 4. The van der Waals surface area contributed by atoms with Gasteiger partial charge in [-0.1, -0.05) is 30.3 Å². The van der Waals surface area contributed by atoms with Crippen molar-refractivity contribution in [2.75, 3.05) is 6.54 Å². The van der Waals surface area contributed by atoms with E-state index in [0.29, 0.717) is 5.25 Å². The lowest BCUT2D eigenvalue weighted by molar-refractivity contribution is 0.559. The second kappa shape index (κ2) is 5.98. The zero-order chi connectivity index (χ0) is 13.9. The van der Waals surface area contributed by atoms with Crippen LogP contribution < -0.4 is 5.32 Å². The SMILES string of the molecule is C[C@H](NCC1Cc2ccccc2S1)c1cccc(F)c1.